The van der Waals surface area contributed by atoms with Gasteiger partial charge in [-0.1, -0.05) is 70.4 Å². The summed E-state index contributed by atoms with van der Waals surface area (Å²) in [5, 5.41) is 10.2. The lowest BCUT2D eigenvalue weighted by molar-refractivity contribution is -0.147. The first-order valence-electron chi connectivity index (χ1n) is 12.3. The molecule has 1 atom stereocenters. The van der Waals surface area contributed by atoms with E-state index in [0.29, 0.717) is 6.42 Å². The zero-order chi connectivity index (χ0) is 22.9. The van der Waals surface area contributed by atoms with Crippen LogP contribution >= 0.6 is 0 Å². The van der Waals surface area contributed by atoms with E-state index in [-0.39, 0.29) is 42.2 Å². The Kier molecular flexibility index (Phi) is 14.6. The molecular weight excluding hydrogens is 392 g/mol. The van der Waals surface area contributed by atoms with Gasteiger partial charge in [-0.05, 0) is 38.5 Å². The minimum atomic E-state index is -0.870. The lowest BCUT2D eigenvalue weighted by Crippen LogP contribution is -2.30. The molecule has 0 spiro atoms. The van der Waals surface area contributed by atoms with Gasteiger partial charge in [0.15, 0.2) is 17.7 Å². The van der Waals surface area contributed by atoms with Crippen molar-refractivity contribution in [1.82, 2.24) is 0 Å². The maximum atomic E-state index is 12.4. The molecule has 0 fully saturated rings. The standard InChI is InChI=1S/C26H42O5/c1-3-4-5-6-7-8-9-10-11-12-13-14-15-16-17-18-22(28)25-23(29)19-20-24(26(25)30)31-21(2)27/h8-9,24,30H,3-7,10-20H2,1-2H3/b9-8-. The molecule has 0 saturated carbocycles. The van der Waals surface area contributed by atoms with Gasteiger partial charge >= 0.3 is 5.97 Å². The van der Waals surface area contributed by atoms with E-state index in [9.17, 15) is 19.5 Å². The summed E-state index contributed by atoms with van der Waals surface area (Å²) < 4.78 is 5.01. The summed E-state index contributed by atoms with van der Waals surface area (Å²) in [6.45, 7) is 3.49. The normalized spacial score (nSPS) is 16.8. The van der Waals surface area contributed by atoms with Gasteiger partial charge in [0.1, 0.15) is 11.3 Å². The van der Waals surface area contributed by atoms with E-state index in [0.717, 1.165) is 19.3 Å². The van der Waals surface area contributed by atoms with E-state index in [1.165, 1.54) is 64.7 Å². The number of ether oxygens (including phenoxy) is 1. The lowest BCUT2D eigenvalue weighted by atomic mass is 9.89. The average molecular weight is 435 g/mol. The molecular formula is C26H42O5. The van der Waals surface area contributed by atoms with E-state index >= 15 is 0 Å². The third-order valence-corrected chi connectivity index (χ3v) is 5.73. The fraction of sp³-hybridized carbons (Fsp3) is 0.731. The number of hydrogen-bond donors (Lipinski definition) is 1. The van der Waals surface area contributed by atoms with Crippen LogP contribution in [-0.2, 0) is 19.1 Å². The predicted octanol–water partition coefficient (Wildman–Crippen LogP) is 6.70. The molecule has 0 radical (unpaired) electrons. The van der Waals surface area contributed by atoms with Crippen LogP contribution in [0.4, 0.5) is 0 Å². The summed E-state index contributed by atoms with van der Waals surface area (Å²) in [5.74, 6) is -1.58. The smallest absolute Gasteiger partial charge is 0.303 e. The molecule has 0 amide bonds. The second-order valence-electron chi connectivity index (χ2n) is 8.58. The Bertz CT molecular complexity index is 617. The predicted molar refractivity (Wildman–Crippen MR) is 124 cm³/mol. The molecule has 0 aromatic heterocycles. The topological polar surface area (TPSA) is 80.7 Å². The van der Waals surface area contributed by atoms with Crippen LogP contribution in [0.2, 0.25) is 0 Å². The number of carbonyl (C=O) groups is 3. The number of hydrogen-bond acceptors (Lipinski definition) is 5. The second kappa shape index (κ2) is 16.7. The maximum absolute atomic E-state index is 12.4. The van der Waals surface area contributed by atoms with Crippen LogP contribution in [0, 0.1) is 0 Å². The van der Waals surface area contributed by atoms with E-state index in [2.05, 4.69) is 19.1 Å². The van der Waals surface area contributed by atoms with Crippen LogP contribution in [-0.4, -0.2) is 28.7 Å². The molecule has 0 saturated heterocycles. The van der Waals surface area contributed by atoms with Crippen molar-refractivity contribution in [2.24, 2.45) is 0 Å². The van der Waals surface area contributed by atoms with Crippen LogP contribution in [0.1, 0.15) is 117 Å². The van der Waals surface area contributed by atoms with E-state index in [4.69, 9.17) is 4.74 Å². The van der Waals surface area contributed by atoms with E-state index < -0.39 is 12.1 Å². The van der Waals surface area contributed by atoms with Crippen LogP contribution in [0.5, 0.6) is 0 Å². The van der Waals surface area contributed by atoms with Crippen LogP contribution in [0.3, 0.4) is 0 Å². The van der Waals surface area contributed by atoms with Gasteiger partial charge in [-0.3, -0.25) is 14.4 Å². The number of ketones is 2. The van der Waals surface area contributed by atoms with Gasteiger partial charge in [0.25, 0.3) is 0 Å². The van der Waals surface area contributed by atoms with Crippen molar-refractivity contribution in [3.8, 4) is 0 Å². The third-order valence-electron chi connectivity index (χ3n) is 5.73. The van der Waals surface area contributed by atoms with Gasteiger partial charge in [-0.25, -0.2) is 0 Å². The highest BCUT2D eigenvalue weighted by Gasteiger charge is 2.33. The SMILES string of the molecule is CCCCCC/C=C\CCCCCCCCCC(=O)C1=C(O)C(OC(C)=O)CCC1=O. The highest BCUT2D eigenvalue weighted by molar-refractivity contribution is 6.21. The fourth-order valence-corrected chi connectivity index (χ4v) is 3.92. The van der Waals surface area contributed by atoms with Gasteiger partial charge < -0.3 is 9.84 Å². The summed E-state index contributed by atoms with van der Waals surface area (Å²) in [6.07, 6.45) is 19.6. The molecule has 1 rings (SSSR count). The van der Waals surface area contributed by atoms with Crippen molar-refractivity contribution < 1.29 is 24.2 Å². The summed E-state index contributed by atoms with van der Waals surface area (Å²) in [6, 6.07) is 0. The Morgan fingerprint density at radius 1 is 0.935 bits per heavy atom. The fourth-order valence-electron chi connectivity index (χ4n) is 3.92. The largest absolute Gasteiger partial charge is 0.507 e. The number of esters is 1. The summed E-state index contributed by atoms with van der Waals surface area (Å²) in [5.41, 5.74) is -0.157. The van der Waals surface area contributed by atoms with Crippen molar-refractivity contribution in [2.75, 3.05) is 0 Å². The number of carbonyl (C=O) groups excluding carboxylic acids is 3. The Morgan fingerprint density at radius 3 is 2.06 bits per heavy atom. The molecule has 0 bridgehead atoms. The van der Waals surface area contributed by atoms with Gasteiger partial charge in [0, 0.05) is 19.8 Å². The maximum Gasteiger partial charge on any atom is 0.303 e. The molecule has 0 aromatic rings. The molecule has 0 aliphatic heterocycles. The van der Waals surface area contributed by atoms with Crippen molar-refractivity contribution in [1.29, 1.82) is 0 Å². The Morgan fingerprint density at radius 2 is 1.48 bits per heavy atom. The summed E-state index contributed by atoms with van der Waals surface area (Å²) in [7, 11) is 0. The number of Topliss-reactive ketones (excluding diaryl/α,β-unsaturated/α-hetero) is 2. The average Bonchev–Trinajstić information content (AvgIpc) is 2.73. The molecule has 5 nitrogen and oxygen atoms in total. The first-order chi connectivity index (χ1) is 15.0. The Labute approximate surface area is 188 Å². The molecule has 1 unspecified atom stereocenters. The van der Waals surface area contributed by atoms with Crippen molar-refractivity contribution in [3.63, 3.8) is 0 Å². The molecule has 5 heteroatoms. The number of allylic oxidation sites excluding steroid dienone is 3. The van der Waals surface area contributed by atoms with Crippen molar-refractivity contribution in [2.45, 2.75) is 123 Å². The highest BCUT2D eigenvalue weighted by Crippen LogP contribution is 2.25. The molecule has 1 N–H and O–H groups in total. The lowest BCUT2D eigenvalue weighted by Gasteiger charge is -2.22. The van der Waals surface area contributed by atoms with Gasteiger partial charge in [-0.15, -0.1) is 0 Å². The molecule has 0 heterocycles. The first kappa shape index (κ1) is 27.1. The monoisotopic (exact) mass is 434 g/mol. The number of unbranched alkanes of at least 4 members (excludes halogenated alkanes) is 11. The third kappa shape index (κ3) is 11.9. The highest BCUT2D eigenvalue weighted by atomic mass is 16.6. The van der Waals surface area contributed by atoms with Crippen molar-refractivity contribution >= 4 is 17.5 Å². The van der Waals surface area contributed by atoms with Crippen LogP contribution in [0.25, 0.3) is 0 Å². The van der Waals surface area contributed by atoms with Crippen LogP contribution < -0.4 is 0 Å². The molecule has 176 valence electrons. The minimum Gasteiger partial charge on any atom is -0.507 e. The Balaban J connectivity index is 2.11. The molecule has 1 aliphatic carbocycles. The van der Waals surface area contributed by atoms with Gasteiger partial charge in [0.05, 0.1) is 0 Å². The Hall–Kier alpha value is -1.91. The van der Waals surface area contributed by atoms with Crippen molar-refractivity contribution in [3.05, 3.63) is 23.5 Å². The quantitative estimate of drug-likeness (QED) is 0.119. The first-order valence-corrected chi connectivity index (χ1v) is 12.3. The summed E-state index contributed by atoms with van der Waals surface area (Å²) >= 11 is 0. The molecule has 0 aromatic carbocycles. The van der Waals surface area contributed by atoms with Gasteiger partial charge in [-0.2, -0.15) is 0 Å². The summed E-state index contributed by atoms with van der Waals surface area (Å²) in [4.78, 5) is 35.6. The van der Waals surface area contributed by atoms with Crippen LogP contribution in [0.15, 0.2) is 23.5 Å². The molecule has 31 heavy (non-hydrogen) atoms. The number of rotatable bonds is 17. The number of aliphatic hydroxyl groups excluding tert-OH is 1. The van der Waals surface area contributed by atoms with E-state index in [1.54, 1.807) is 0 Å². The van der Waals surface area contributed by atoms with Gasteiger partial charge in [0.2, 0.25) is 0 Å². The molecule has 1 aliphatic rings. The minimum absolute atomic E-state index is 0.122. The zero-order valence-electron chi connectivity index (χ0n) is 19.6. The number of aliphatic hydroxyl groups is 1. The second-order valence-corrected chi connectivity index (χ2v) is 8.58. The zero-order valence-corrected chi connectivity index (χ0v) is 19.6. The van der Waals surface area contributed by atoms with E-state index in [1.807, 2.05) is 0 Å².